The van der Waals surface area contributed by atoms with Crippen LogP contribution in [0, 0.1) is 5.82 Å². The van der Waals surface area contributed by atoms with Crippen LogP contribution in [-0.2, 0) is 17.5 Å². The zero-order valence-electron chi connectivity index (χ0n) is 18.8. The van der Waals surface area contributed by atoms with Crippen molar-refractivity contribution < 1.29 is 31.9 Å². The minimum Gasteiger partial charge on any atom is -0.467 e. The maximum absolute atomic E-state index is 13.3. The van der Waals surface area contributed by atoms with Gasteiger partial charge in [0, 0.05) is 12.4 Å². The number of methoxy groups -OCH3 is 1. The third kappa shape index (κ3) is 5.67. The Morgan fingerprint density at radius 3 is 2.36 bits per heavy atom. The third-order valence-corrected chi connectivity index (χ3v) is 5.43. The minimum absolute atomic E-state index is 0.0345. The average molecular weight is 504 g/mol. The van der Waals surface area contributed by atoms with E-state index in [9.17, 15) is 27.2 Å². The Bertz CT molecular complexity index is 1260. The smallest absolute Gasteiger partial charge is 0.418 e. The summed E-state index contributed by atoms with van der Waals surface area (Å²) in [6, 6.07) is 5.44. The van der Waals surface area contributed by atoms with Crippen molar-refractivity contribution in [1.29, 1.82) is 0 Å². The number of rotatable bonds is 8. The van der Waals surface area contributed by atoms with Crippen molar-refractivity contribution in [2.45, 2.75) is 31.1 Å². The molecule has 4 rings (SSSR count). The van der Waals surface area contributed by atoms with Crippen LogP contribution in [0.3, 0.4) is 0 Å². The molecule has 3 aromatic rings. The van der Waals surface area contributed by atoms with E-state index in [1.54, 1.807) is 0 Å². The van der Waals surface area contributed by atoms with Gasteiger partial charge in [0.15, 0.2) is 0 Å². The molecule has 2 aromatic heterocycles. The highest BCUT2D eigenvalue weighted by atomic mass is 19.4. The number of alkyl halides is 3. The number of nitrogens with one attached hydrogen (secondary N) is 3. The highest BCUT2D eigenvalue weighted by Crippen LogP contribution is 2.37. The molecule has 0 aliphatic heterocycles. The molecule has 1 saturated carbocycles. The molecular formula is C23H20F4N6O3. The molecule has 1 aliphatic carbocycles. The number of carbonyl (C=O) groups is 2. The summed E-state index contributed by atoms with van der Waals surface area (Å²) >= 11 is 0. The monoisotopic (exact) mass is 504 g/mol. The number of hydrogen-bond acceptors (Lipinski definition) is 7. The lowest BCUT2D eigenvalue weighted by Gasteiger charge is -2.17. The number of pyridine rings is 1. The fourth-order valence-corrected chi connectivity index (χ4v) is 3.32. The molecule has 0 radical (unpaired) electrons. The van der Waals surface area contributed by atoms with Gasteiger partial charge in [-0.05, 0) is 43.2 Å². The van der Waals surface area contributed by atoms with Crippen LogP contribution in [0.15, 0.2) is 48.9 Å². The SMILES string of the molecule is COc1ncc(C(=O)NC2(C(=O)NCc3ccc(Nc4ccc(F)cc4C(F)(F)F)cn3)CC2)cn1. The zero-order valence-corrected chi connectivity index (χ0v) is 18.8. The minimum atomic E-state index is -4.74. The van der Waals surface area contributed by atoms with Crippen molar-refractivity contribution in [1.82, 2.24) is 25.6 Å². The van der Waals surface area contributed by atoms with Crippen molar-refractivity contribution in [3.8, 4) is 6.01 Å². The Balaban J connectivity index is 1.34. The second-order valence-corrected chi connectivity index (χ2v) is 8.03. The Morgan fingerprint density at radius 2 is 1.78 bits per heavy atom. The van der Waals surface area contributed by atoms with Gasteiger partial charge in [-0.3, -0.25) is 14.6 Å². The standard InChI is InChI=1S/C23H20F4N6O3/c1-36-21-30-9-13(10-31-21)19(34)33-22(6-7-22)20(35)29-11-15-3-4-16(12-28-15)32-18-5-2-14(24)8-17(18)23(25,26)27/h2-5,8-10,12,32H,6-7,11H2,1H3,(H,29,35)(H,33,34). The molecule has 36 heavy (non-hydrogen) atoms. The molecule has 1 fully saturated rings. The summed E-state index contributed by atoms with van der Waals surface area (Å²) in [6.45, 7) is 0.0345. The van der Waals surface area contributed by atoms with Gasteiger partial charge >= 0.3 is 12.2 Å². The van der Waals surface area contributed by atoms with Crippen molar-refractivity contribution >= 4 is 23.2 Å². The summed E-state index contributed by atoms with van der Waals surface area (Å²) in [4.78, 5) is 37.0. The first kappa shape index (κ1) is 24.8. The molecule has 0 bridgehead atoms. The summed E-state index contributed by atoms with van der Waals surface area (Å²) in [5.74, 6) is -1.90. The molecule has 2 heterocycles. The number of nitrogens with zero attached hydrogens (tertiary/aromatic N) is 3. The third-order valence-electron chi connectivity index (χ3n) is 5.43. The Hall–Kier alpha value is -4.29. The fraction of sp³-hybridized carbons (Fsp3) is 0.261. The summed E-state index contributed by atoms with van der Waals surface area (Å²) in [7, 11) is 1.40. The maximum atomic E-state index is 13.3. The quantitative estimate of drug-likeness (QED) is 0.403. The maximum Gasteiger partial charge on any atom is 0.418 e. The van der Waals surface area contributed by atoms with Gasteiger partial charge in [-0.1, -0.05) is 0 Å². The highest BCUT2D eigenvalue weighted by molar-refractivity contribution is 6.00. The van der Waals surface area contributed by atoms with Crippen LogP contribution in [0.4, 0.5) is 28.9 Å². The number of anilines is 2. The zero-order chi connectivity index (χ0) is 25.9. The van der Waals surface area contributed by atoms with Crippen molar-refractivity contribution in [3.63, 3.8) is 0 Å². The van der Waals surface area contributed by atoms with Crippen LogP contribution < -0.4 is 20.7 Å². The van der Waals surface area contributed by atoms with Gasteiger partial charge in [0.1, 0.15) is 11.4 Å². The van der Waals surface area contributed by atoms with Crippen LogP contribution in [0.2, 0.25) is 0 Å². The van der Waals surface area contributed by atoms with Crippen molar-refractivity contribution in [2.75, 3.05) is 12.4 Å². The Morgan fingerprint density at radius 1 is 1.06 bits per heavy atom. The number of benzene rings is 1. The van der Waals surface area contributed by atoms with Gasteiger partial charge in [0.25, 0.3) is 5.91 Å². The van der Waals surface area contributed by atoms with E-state index in [0.29, 0.717) is 24.6 Å². The normalized spacial score (nSPS) is 14.0. The lowest BCUT2D eigenvalue weighted by Crippen LogP contribution is -2.48. The van der Waals surface area contributed by atoms with Gasteiger partial charge in [-0.15, -0.1) is 0 Å². The molecule has 0 atom stereocenters. The van der Waals surface area contributed by atoms with Crippen LogP contribution in [-0.4, -0.2) is 39.4 Å². The number of ether oxygens (including phenoxy) is 1. The van der Waals surface area contributed by atoms with Gasteiger partial charge in [0.05, 0.1) is 48.0 Å². The predicted molar refractivity (Wildman–Crippen MR) is 119 cm³/mol. The lowest BCUT2D eigenvalue weighted by molar-refractivity contribution is -0.137. The largest absolute Gasteiger partial charge is 0.467 e. The molecular weight excluding hydrogens is 484 g/mol. The van der Waals surface area contributed by atoms with Crippen molar-refractivity contribution in [3.05, 3.63) is 71.6 Å². The van der Waals surface area contributed by atoms with Crippen molar-refractivity contribution in [2.24, 2.45) is 0 Å². The van der Waals surface area contributed by atoms with Gasteiger partial charge in [-0.25, -0.2) is 14.4 Å². The van der Waals surface area contributed by atoms with E-state index in [0.717, 1.165) is 12.1 Å². The van der Waals surface area contributed by atoms with Crippen LogP contribution in [0.5, 0.6) is 6.01 Å². The molecule has 0 spiro atoms. The first-order valence-electron chi connectivity index (χ1n) is 10.7. The molecule has 1 aliphatic rings. The number of aromatic nitrogens is 3. The lowest BCUT2D eigenvalue weighted by atomic mass is 10.1. The molecule has 2 amide bonds. The molecule has 0 unspecified atom stereocenters. The second-order valence-electron chi connectivity index (χ2n) is 8.03. The Kier molecular flexibility index (Phi) is 6.73. The summed E-state index contributed by atoms with van der Waals surface area (Å²) in [6.07, 6.45) is 0.0463. The predicted octanol–water partition coefficient (Wildman–Crippen LogP) is 3.36. The summed E-state index contributed by atoms with van der Waals surface area (Å²) in [5.41, 5.74) is -1.65. The number of carbonyl (C=O) groups excluding carboxylic acids is 2. The van der Waals surface area contributed by atoms with Gasteiger partial charge < -0.3 is 20.7 Å². The second kappa shape index (κ2) is 9.76. The topological polar surface area (TPSA) is 118 Å². The van der Waals surface area contributed by atoms with Crippen LogP contribution in [0.25, 0.3) is 0 Å². The van der Waals surface area contributed by atoms with Gasteiger partial charge in [0.2, 0.25) is 5.91 Å². The van der Waals surface area contributed by atoms with Crippen LogP contribution >= 0.6 is 0 Å². The van der Waals surface area contributed by atoms with E-state index in [4.69, 9.17) is 4.74 Å². The Labute approximate surface area is 202 Å². The average Bonchev–Trinajstić information content (AvgIpc) is 3.64. The first-order chi connectivity index (χ1) is 17.1. The summed E-state index contributed by atoms with van der Waals surface area (Å²) in [5, 5.41) is 7.97. The van der Waals surface area contributed by atoms with E-state index >= 15 is 0 Å². The van der Waals surface area contributed by atoms with Gasteiger partial charge in [-0.2, -0.15) is 13.2 Å². The molecule has 1 aromatic carbocycles. The molecule has 3 N–H and O–H groups in total. The molecule has 13 heteroatoms. The molecule has 188 valence electrons. The van der Waals surface area contributed by atoms with Crippen LogP contribution in [0.1, 0.15) is 34.5 Å². The van der Waals surface area contributed by atoms with E-state index < -0.39 is 34.9 Å². The van der Waals surface area contributed by atoms with E-state index in [2.05, 4.69) is 30.9 Å². The number of amides is 2. The number of halogens is 4. The highest BCUT2D eigenvalue weighted by Gasteiger charge is 2.51. The fourth-order valence-electron chi connectivity index (χ4n) is 3.32. The first-order valence-corrected chi connectivity index (χ1v) is 10.7. The summed E-state index contributed by atoms with van der Waals surface area (Å²) < 4.78 is 57.7. The molecule has 9 nitrogen and oxygen atoms in total. The number of hydrogen-bond donors (Lipinski definition) is 3. The van der Waals surface area contributed by atoms with E-state index in [1.165, 1.54) is 37.8 Å². The van der Waals surface area contributed by atoms with E-state index in [1.807, 2.05) is 0 Å². The molecule has 0 saturated heterocycles. The van der Waals surface area contributed by atoms with E-state index in [-0.39, 0.29) is 29.5 Å².